The molecule has 0 heterocycles. The summed E-state index contributed by atoms with van der Waals surface area (Å²) in [6.45, 7) is 8.34. The second-order valence-corrected chi connectivity index (χ2v) is 15.5. The van der Waals surface area contributed by atoms with Crippen LogP contribution in [0.15, 0.2) is 147 Å². The Bertz CT molecular complexity index is 985. The van der Waals surface area contributed by atoms with Crippen LogP contribution in [0.5, 0.6) is 0 Å². The Morgan fingerprint density at radius 1 is 0.455 bits per heavy atom. The van der Waals surface area contributed by atoms with E-state index in [2.05, 4.69) is 134 Å². The van der Waals surface area contributed by atoms with E-state index in [0.717, 1.165) is 12.1 Å². The van der Waals surface area contributed by atoms with Crippen molar-refractivity contribution in [2.75, 3.05) is 0 Å². The minimum absolute atomic E-state index is 0.798. The molecule has 3 heteroatoms. The Kier molecular flexibility index (Phi) is 7.35. The highest BCUT2D eigenvalue weighted by molar-refractivity contribution is 7.09. The van der Waals surface area contributed by atoms with Crippen molar-refractivity contribution < 1.29 is 4.12 Å². The van der Waals surface area contributed by atoms with Crippen LogP contribution in [0.2, 0.25) is 12.1 Å². The quantitative estimate of drug-likeness (QED) is 0.241. The summed E-state index contributed by atoms with van der Waals surface area (Å²) in [4.78, 5) is 0. The molecule has 0 amide bonds. The molecule has 0 bridgehead atoms. The van der Waals surface area contributed by atoms with E-state index in [1.807, 2.05) is 12.2 Å². The highest BCUT2D eigenvalue weighted by Gasteiger charge is 2.49. The first-order valence-electron chi connectivity index (χ1n) is 11.4. The van der Waals surface area contributed by atoms with Crippen LogP contribution in [-0.4, -0.2) is 16.6 Å². The molecule has 1 nitrogen and oxygen atoms in total. The van der Waals surface area contributed by atoms with E-state index in [1.54, 1.807) is 0 Å². The lowest BCUT2D eigenvalue weighted by atomic mass is 10.4. The third-order valence-electron chi connectivity index (χ3n) is 6.17. The first-order valence-corrected chi connectivity index (χ1v) is 15.6. The second kappa shape index (κ2) is 10.6. The van der Waals surface area contributed by atoms with E-state index < -0.39 is 16.6 Å². The number of hydrogen-bond acceptors (Lipinski definition) is 1. The van der Waals surface area contributed by atoms with Gasteiger partial charge in [0.25, 0.3) is 0 Å². The molecule has 0 spiro atoms. The van der Waals surface area contributed by atoms with Crippen LogP contribution >= 0.6 is 0 Å². The Balaban J connectivity index is 2.03. The highest BCUT2D eigenvalue weighted by atomic mass is 28.4. The molecule has 164 valence electrons. The lowest BCUT2D eigenvalue weighted by Gasteiger charge is -2.43. The van der Waals surface area contributed by atoms with E-state index in [4.69, 9.17) is 4.12 Å². The van der Waals surface area contributed by atoms with Gasteiger partial charge in [0, 0.05) is 0 Å². The lowest BCUT2D eigenvalue weighted by molar-refractivity contribution is 0.576. The first-order chi connectivity index (χ1) is 16.2. The van der Waals surface area contributed by atoms with Gasteiger partial charge in [0.15, 0.2) is 0 Å². The maximum atomic E-state index is 7.79. The van der Waals surface area contributed by atoms with Crippen molar-refractivity contribution in [1.29, 1.82) is 0 Å². The minimum atomic E-state index is -2.69. The molecule has 0 atom stereocenters. The average molecular weight is 463 g/mol. The van der Waals surface area contributed by atoms with Crippen LogP contribution in [0.4, 0.5) is 0 Å². The Labute approximate surface area is 200 Å². The van der Waals surface area contributed by atoms with Gasteiger partial charge in [-0.2, -0.15) is 0 Å². The maximum Gasteiger partial charge on any atom is 0.249 e. The summed E-state index contributed by atoms with van der Waals surface area (Å²) in [7, 11) is -5.38. The molecule has 0 unspecified atom stereocenters. The van der Waals surface area contributed by atoms with E-state index >= 15 is 0 Å². The molecule has 0 radical (unpaired) electrons. The van der Waals surface area contributed by atoms with E-state index in [0.29, 0.717) is 0 Å². The van der Waals surface area contributed by atoms with Gasteiger partial charge in [-0.25, -0.2) is 0 Å². The van der Waals surface area contributed by atoms with Gasteiger partial charge >= 0.3 is 0 Å². The van der Waals surface area contributed by atoms with E-state index in [-0.39, 0.29) is 0 Å². The SMILES string of the molecule is C=CC[Si](O[Si](CC=C)(c1ccccc1)c1ccccc1)(c1ccccc1)c1ccccc1. The van der Waals surface area contributed by atoms with Gasteiger partial charge in [0.05, 0.1) is 0 Å². The molecular weight excluding hydrogens is 433 g/mol. The predicted octanol–water partition coefficient (Wildman–Crippen LogP) is 4.89. The lowest BCUT2D eigenvalue weighted by Crippen LogP contribution is -2.72. The van der Waals surface area contributed by atoms with Crippen LogP contribution in [0.3, 0.4) is 0 Å². The number of benzene rings is 4. The van der Waals surface area contributed by atoms with Gasteiger partial charge < -0.3 is 4.12 Å². The fourth-order valence-corrected chi connectivity index (χ4v) is 14.9. The topological polar surface area (TPSA) is 9.23 Å². The van der Waals surface area contributed by atoms with Crippen molar-refractivity contribution in [3.63, 3.8) is 0 Å². The van der Waals surface area contributed by atoms with Gasteiger partial charge in [-0.3, -0.25) is 0 Å². The van der Waals surface area contributed by atoms with Crippen LogP contribution in [-0.2, 0) is 4.12 Å². The van der Waals surface area contributed by atoms with Gasteiger partial charge in [-0.1, -0.05) is 133 Å². The van der Waals surface area contributed by atoms with Gasteiger partial charge in [-0.05, 0) is 32.8 Å². The number of hydrogen-bond donors (Lipinski definition) is 0. The second-order valence-electron chi connectivity index (χ2n) is 8.21. The summed E-state index contributed by atoms with van der Waals surface area (Å²) in [5, 5.41) is 5.07. The molecule has 0 saturated carbocycles. The van der Waals surface area contributed by atoms with Crippen molar-refractivity contribution >= 4 is 37.4 Å². The van der Waals surface area contributed by atoms with Gasteiger partial charge in [-0.15, -0.1) is 13.2 Å². The van der Waals surface area contributed by atoms with Crippen molar-refractivity contribution in [2.45, 2.75) is 12.1 Å². The van der Waals surface area contributed by atoms with E-state index in [9.17, 15) is 0 Å². The van der Waals surface area contributed by atoms with Crippen molar-refractivity contribution in [1.82, 2.24) is 0 Å². The fourth-order valence-electron chi connectivity index (χ4n) is 4.66. The molecule has 0 aliphatic heterocycles. The van der Waals surface area contributed by atoms with Crippen LogP contribution in [0, 0.1) is 0 Å². The first kappa shape index (κ1) is 22.9. The molecule has 0 saturated heterocycles. The largest absolute Gasteiger partial charge is 0.441 e. The molecule has 4 aromatic rings. The third-order valence-corrected chi connectivity index (χ3v) is 15.8. The predicted molar refractivity (Wildman–Crippen MR) is 147 cm³/mol. The molecule has 33 heavy (non-hydrogen) atoms. The van der Waals surface area contributed by atoms with Crippen molar-refractivity contribution in [2.24, 2.45) is 0 Å². The highest BCUT2D eigenvalue weighted by Crippen LogP contribution is 2.24. The summed E-state index contributed by atoms with van der Waals surface area (Å²) in [6.07, 6.45) is 4.07. The van der Waals surface area contributed by atoms with Gasteiger partial charge in [0.1, 0.15) is 0 Å². The third kappa shape index (κ3) is 4.62. The molecule has 4 rings (SSSR count). The smallest absolute Gasteiger partial charge is 0.249 e. The van der Waals surface area contributed by atoms with Crippen LogP contribution in [0.25, 0.3) is 0 Å². The number of rotatable bonds is 10. The molecule has 0 aromatic heterocycles. The molecule has 0 fully saturated rings. The molecule has 0 aliphatic rings. The Morgan fingerprint density at radius 3 is 0.909 bits per heavy atom. The Morgan fingerprint density at radius 2 is 0.697 bits per heavy atom. The van der Waals surface area contributed by atoms with Crippen molar-refractivity contribution in [3.8, 4) is 0 Å². The minimum Gasteiger partial charge on any atom is -0.441 e. The summed E-state index contributed by atoms with van der Waals surface area (Å²) in [5.41, 5.74) is 0. The molecule has 0 aliphatic carbocycles. The van der Waals surface area contributed by atoms with Gasteiger partial charge in [0.2, 0.25) is 16.6 Å². The maximum absolute atomic E-state index is 7.79. The zero-order valence-electron chi connectivity index (χ0n) is 18.9. The fraction of sp³-hybridized carbons (Fsp3) is 0.0667. The van der Waals surface area contributed by atoms with Crippen LogP contribution < -0.4 is 20.7 Å². The number of allylic oxidation sites excluding steroid dienone is 2. The zero-order chi connectivity index (χ0) is 23.0. The summed E-state index contributed by atoms with van der Waals surface area (Å²) >= 11 is 0. The monoisotopic (exact) mass is 462 g/mol. The standard InChI is InChI=1S/C30H30OSi2/c1-3-25-32(27-17-9-5-10-18-27,28-19-11-6-12-20-28)31-33(26-4-2,29-21-13-7-14-22-29)30-23-15-8-16-24-30/h3-24H,1-2,25-26H2. The average Bonchev–Trinajstić information content (AvgIpc) is 2.90. The van der Waals surface area contributed by atoms with Crippen LogP contribution in [0.1, 0.15) is 0 Å². The normalized spacial score (nSPS) is 11.6. The molecular formula is C30H30OSi2. The molecule has 4 aromatic carbocycles. The zero-order valence-corrected chi connectivity index (χ0v) is 20.9. The van der Waals surface area contributed by atoms with Crippen molar-refractivity contribution in [3.05, 3.63) is 147 Å². The van der Waals surface area contributed by atoms with E-state index in [1.165, 1.54) is 20.7 Å². The summed E-state index contributed by atoms with van der Waals surface area (Å²) in [6, 6.07) is 44.7. The summed E-state index contributed by atoms with van der Waals surface area (Å²) in [5.74, 6) is 0. The molecule has 0 N–H and O–H groups in total. The summed E-state index contributed by atoms with van der Waals surface area (Å²) < 4.78 is 7.79. The Hall–Kier alpha value is -3.25.